The minimum Gasteiger partial charge on any atom is -0.294 e. The van der Waals surface area contributed by atoms with Crippen LogP contribution in [-0.2, 0) is 6.42 Å². The van der Waals surface area contributed by atoms with E-state index in [1.54, 1.807) is 11.3 Å². The second-order valence-corrected chi connectivity index (χ2v) is 4.98. The number of thiophene rings is 1. The molecule has 0 N–H and O–H groups in total. The van der Waals surface area contributed by atoms with Crippen molar-refractivity contribution in [3.63, 3.8) is 0 Å². The molecule has 1 atom stereocenters. The van der Waals surface area contributed by atoms with Gasteiger partial charge in [-0.05, 0) is 17.9 Å². The van der Waals surface area contributed by atoms with Gasteiger partial charge in [-0.15, -0.1) is 11.3 Å². The molecule has 1 aliphatic rings. The van der Waals surface area contributed by atoms with E-state index >= 15 is 0 Å². The monoisotopic (exact) mass is 230 g/mol. The Bertz CT molecular complexity index is 292. The van der Waals surface area contributed by atoms with Crippen molar-refractivity contribution in [3.05, 3.63) is 21.9 Å². The van der Waals surface area contributed by atoms with E-state index in [1.165, 1.54) is 4.88 Å². The van der Waals surface area contributed by atoms with Crippen molar-refractivity contribution in [1.29, 1.82) is 0 Å². The fourth-order valence-electron chi connectivity index (χ4n) is 1.33. The number of hydrogen-bond acceptors (Lipinski definition) is 2. The minimum absolute atomic E-state index is 0.286. The van der Waals surface area contributed by atoms with E-state index in [0.29, 0.717) is 11.2 Å². The predicted octanol–water partition coefficient (Wildman–Crippen LogP) is 2.64. The molecule has 1 unspecified atom stereocenters. The van der Waals surface area contributed by atoms with Crippen LogP contribution < -0.4 is 0 Å². The molecule has 0 radical (unpaired) electrons. The minimum atomic E-state index is 0.286. The third kappa shape index (κ3) is 1.27. The Kier molecular flexibility index (Phi) is 1.85. The van der Waals surface area contributed by atoms with Crippen molar-refractivity contribution in [2.45, 2.75) is 17.7 Å². The standard InChI is InChI=1S/C8H7BrOS/c9-5-3-7(10)6-1-2-11-8(6)4-5/h1-2,5H,3-4H2. The molecule has 2 rings (SSSR count). The molecule has 1 nitrogen and oxygen atoms in total. The molecule has 0 bridgehead atoms. The Morgan fingerprint density at radius 3 is 3.18 bits per heavy atom. The topological polar surface area (TPSA) is 17.1 Å². The highest BCUT2D eigenvalue weighted by molar-refractivity contribution is 9.09. The first-order valence-electron chi connectivity index (χ1n) is 3.51. The summed E-state index contributed by atoms with van der Waals surface area (Å²) in [4.78, 5) is 12.9. The third-order valence-corrected chi connectivity index (χ3v) is 3.45. The summed E-state index contributed by atoms with van der Waals surface area (Å²) >= 11 is 5.15. The first-order valence-corrected chi connectivity index (χ1v) is 5.30. The zero-order valence-electron chi connectivity index (χ0n) is 5.84. The van der Waals surface area contributed by atoms with Gasteiger partial charge in [-0.3, -0.25) is 4.79 Å². The molecular weight excluding hydrogens is 224 g/mol. The average molecular weight is 231 g/mol. The molecule has 0 aromatic carbocycles. The fraction of sp³-hybridized carbons (Fsp3) is 0.375. The van der Waals surface area contributed by atoms with Crippen LogP contribution in [0, 0.1) is 0 Å². The van der Waals surface area contributed by atoms with E-state index in [1.807, 2.05) is 11.4 Å². The molecule has 0 saturated carbocycles. The molecular formula is C8H7BrOS. The van der Waals surface area contributed by atoms with Crippen LogP contribution in [0.1, 0.15) is 21.7 Å². The molecule has 58 valence electrons. The summed E-state index contributed by atoms with van der Waals surface area (Å²) in [6.45, 7) is 0. The lowest BCUT2D eigenvalue weighted by atomic mass is 9.98. The normalized spacial score (nSPS) is 23.4. The number of alkyl halides is 1. The smallest absolute Gasteiger partial charge is 0.165 e. The van der Waals surface area contributed by atoms with Gasteiger partial charge < -0.3 is 0 Å². The van der Waals surface area contributed by atoms with Gasteiger partial charge in [-0.1, -0.05) is 15.9 Å². The van der Waals surface area contributed by atoms with Crippen LogP contribution in [0.3, 0.4) is 0 Å². The lowest BCUT2D eigenvalue weighted by Crippen LogP contribution is -2.17. The Hall–Kier alpha value is -0.150. The maximum absolute atomic E-state index is 11.3. The van der Waals surface area contributed by atoms with Gasteiger partial charge in [0.25, 0.3) is 0 Å². The molecule has 0 aliphatic heterocycles. The van der Waals surface area contributed by atoms with Gasteiger partial charge in [0.15, 0.2) is 5.78 Å². The second kappa shape index (κ2) is 2.72. The number of hydrogen-bond donors (Lipinski definition) is 0. The molecule has 0 fully saturated rings. The van der Waals surface area contributed by atoms with Gasteiger partial charge in [0.2, 0.25) is 0 Å². The molecule has 11 heavy (non-hydrogen) atoms. The van der Waals surface area contributed by atoms with Gasteiger partial charge in [0, 0.05) is 21.7 Å². The van der Waals surface area contributed by atoms with Crippen LogP contribution in [0.15, 0.2) is 11.4 Å². The fourth-order valence-corrected chi connectivity index (χ4v) is 3.14. The molecule has 0 saturated heterocycles. The van der Waals surface area contributed by atoms with E-state index in [0.717, 1.165) is 12.0 Å². The van der Waals surface area contributed by atoms with Crippen molar-refractivity contribution in [3.8, 4) is 0 Å². The highest BCUT2D eigenvalue weighted by Gasteiger charge is 2.23. The molecule has 3 heteroatoms. The number of Topliss-reactive ketones (excluding diaryl/α,β-unsaturated/α-hetero) is 1. The Labute approximate surface area is 77.6 Å². The van der Waals surface area contributed by atoms with Crippen LogP contribution in [0.25, 0.3) is 0 Å². The van der Waals surface area contributed by atoms with Crippen LogP contribution in [0.5, 0.6) is 0 Å². The largest absolute Gasteiger partial charge is 0.294 e. The number of fused-ring (bicyclic) bond motifs is 1. The van der Waals surface area contributed by atoms with Crippen LogP contribution >= 0.6 is 27.3 Å². The van der Waals surface area contributed by atoms with Gasteiger partial charge >= 0.3 is 0 Å². The number of carbonyl (C=O) groups is 1. The van der Waals surface area contributed by atoms with Gasteiger partial charge in [-0.25, -0.2) is 0 Å². The number of halogens is 1. The maximum Gasteiger partial charge on any atom is 0.165 e. The average Bonchev–Trinajstić information content (AvgIpc) is 2.34. The third-order valence-electron chi connectivity index (χ3n) is 1.86. The highest BCUT2D eigenvalue weighted by atomic mass is 79.9. The molecule has 1 aromatic rings. The lowest BCUT2D eigenvalue weighted by molar-refractivity contribution is 0.0976. The molecule has 0 spiro atoms. The highest BCUT2D eigenvalue weighted by Crippen LogP contribution is 2.29. The molecule has 1 heterocycles. The summed E-state index contributed by atoms with van der Waals surface area (Å²) in [5.41, 5.74) is 0.950. The predicted molar refractivity (Wildman–Crippen MR) is 49.7 cm³/mol. The molecule has 1 aliphatic carbocycles. The molecule has 0 amide bonds. The Morgan fingerprint density at radius 1 is 1.55 bits per heavy atom. The van der Waals surface area contributed by atoms with Crippen LogP contribution in [0.4, 0.5) is 0 Å². The van der Waals surface area contributed by atoms with Crippen LogP contribution in [0.2, 0.25) is 0 Å². The first kappa shape index (κ1) is 7.50. The summed E-state index contributed by atoms with van der Waals surface area (Å²) in [5, 5.41) is 1.99. The van der Waals surface area contributed by atoms with E-state index in [9.17, 15) is 4.79 Å². The number of rotatable bonds is 0. The maximum atomic E-state index is 11.3. The van der Waals surface area contributed by atoms with Crippen LogP contribution in [-0.4, -0.2) is 10.6 Å². The van der Waals surface area contributed by atoms with E-state index in [-0.39, 0.29) is 5.78 Å². The van der Waals surface area contributed by atoms with E-state index in [4.69, 9.17) is 0 Å². The van der Waals surface area contributed by atoms with E-state index < -0.39 is 0 Å². The van der Waals surface area contributed by atoms with Crippen molar-refractivity contribution in [1.82, 2.24) is 0 Å². The quantitative estimate of drug-likeness (QED) is 0.627. The van der Waals surface area contributed by atoms with Gasteiger partial charge in [0.1, 0.15) is 0 Å². The summed E-state index contributed by atoms with van der Waals surface area (Å²) in [6, 6.07) is 1.93. The van der Waals surface area contributed by atoms with Crippen molar-refractivity contribution in [2.24, 2.45) is 0 Å². The molecule has 1 aromatic heterocycles. The zero-order valence-corrected chi connectivity index (χ0v) is 8.24. The first-order chi connectivity index (χ1) is 5.27. The summed E-state index contributed by atoms with van der Waals surface area (Å²) in [6.07, 6.45) is 1.67. The Morgan fingerprint density at radius 2 is 2.36 bits per heavy atom. The van der Waals surface area contributed by atoms with Gasteiger partial charge in [0.05, 0.1) is 0 Å². The summed E-state index contributed by atoms with van der Waals surface area (Å²) in [5.74, 6) is 0.286. The summed E-state index contributed by atoms with van der Waals surface area (Å²) < 4.78 is 0. The number of ketones is 1. The zero-order chi connectivity index (χ0) is 7.84. The van der Waals surface area contributed by atoms with Gasteiger partial charge in [-0.2, -0.15) is 0 Å². The van der Waals surface area contributed by atoms with Crippen molar-refractivity contribution >= 4 is 33.0 Å². The summed E-state index contributed by atoms with van der Waals surface area (Å²) in [7, 11) is 0. The van der Waals surface area contributed by atoms with Crippen molar-refractivity contribution < 1.29 is 4.79 Å². The number of carbonyl (C=O) groups excluding carboxylic acids is 1. The SMILES string of the molecule is O=C1CC(Br)Cc2sccc21. The Balaban J connectivity index is 2.44. The van der Waals surface area contributed by atoms with E-state index in [2.05, 4.69) is 15.9 Å². The lowest BCUT2D eigenvalue weighted by Gasteiger charge is -2.14. The second-order valence-electron chi connectivity index (χ2n) is 2.69. The van der Waals surface area contributed by atoms with Crippen molar-refractivity contribution in [2.75, 3.05) is 0 Å².